The minimum atomic E-state index is -0.0374. The number of hydrogen-bond donors (Lipinski definition) is 0. The van der Waals surface area contributed by atoms with Gasteiger partial charge in [0.1, 0.15) is 5.75 Å². The summed E-state index contributed by atoms with van der Waals surface area (Å²) in [5.74, 6) is 0.956. The Balaban J connectivity index is 1.12. The van der Waals surface area contributed by atoms with Crippen molar-refractivity contribution in [1.82, 2.24) is 24.1 Å². The van der Waals surface area contributed by atoms with Crippen molar-refractivity contribution in [2.45, 2.75) is 13.1 Å². The number of nitrogens with zero attached hydrogens (tertiary/aromatic N) is 5. The van der Waals surface area contributed by atoms with E-state index in [4.69, 9.17) is 4.74 Å². The molecule has 0 aliphatic carbocycles. The fraction of sp³-hybridized carbons (Fsp3) is 0.346. The molecule has 1 fully saturated rings. The number of aromatic nitrogens is 2. The van der Waals surface area contributed by atoms with E-state index in [1.807, 2.05) is 30.6 Å². The number of likely N-dealkylation sites (N-methyl/N-ethyl adjacent to an activating group) is 1. The Morgan fingerprint density at radius 1 is 1.06 bits per heavy atom. The topological polar surface area (TPSA) is 70.4 Å². The van der Waals surface area contributed by atoms with Crippen LogP contribution in [0.5, 0.6) is 5.75 Å². The molecule has 0 atom stereocenters. The molecular formula is C26H29N5O3S. The summed E-state index contributed by atoms with van der Waals surface area (Å²) < 4.78 is 6.87. The number of piperazine rings is 1. The standard InChI is InChI=1S/C26H29N5O3S/c1-28(16-19-3-4-21-14-23(34-2)6-5-20(21)13-19)25(33)18-30-9-7-29(8-10-30)17-22-15-24(32)31-11-12-35-26(31)27-22/h3-6,11-15H,7-10,16-18H2,1-2H3. The third-order valence-electron chi connectivity index (χ3n) is 6.52. The van der Waals surface area contributed by atoms with Crippen molar-refractivity contribution in [3.63, 3.8) is 0 Å². The summed E-state index contributed by atoms with van der Waals surface area (Å²) in [6.45, 7) is 4.96. The highest BCUT2D eigenvalue weighted by atomic mass is 32.1. The Morgan fingerprint density at radius 3 is 2.60 bits per heavy atom. The van der Waals surface area contributed by atoms with E-state index in [-0.39, 0.29) is 11.5 Å². The van der Waals surface area contributed by atoms with Gasteiger partial charge >= 0.3 is 0 Å². The van der Waals surface area contributed by atoms with Gasteiger partial charge in [-0.25, -0.2) is 4.98 Å². The third kappa shape index (κ3) is 5.37. The Labute approximate surface area is 208 Å². The van der Waals surface area contributed by atoms with Gasteiger partial charge in [0.15, 0.2) is 4.96 Å². The first-order chi connectivity index (χ1) is 17.0. The number of benzene rings is 2. The van der Waals surface area contributed by atoms with Crippen LogP contribution in [0.2, 0.25) is 0 Å². The normalized spacial score (nSPS) is 15.0. The summed E-state index contributed by atoms with van der Waals surface area (Å²) in [5.41, 5.74) is 1.87. The Bertz CT molecular complexity index is 1410. The van der Waals surface area contributed by atoms with Gasteiger partial charge in [-0.15, -0.1) is 11.3 Å². The molecule has 4 aromatic rings. The number of hydrogen-bond acceptors (Lipinski definition) is 7. The van der Waals surface area contributed by atoms with E-state index in [0.29, 0.717) is 19.6 Å². The van der Waals surface area contributed by atoms with Crippen LogP contribution in [-0.4, -0.2) is 76.9 Å². The van der Waals surface area contributed by atoms with Gasteiger partial charge in [0.05, 0.1) is 19.3 Å². The highest BCUT2D eigenvalue weighted by Crippen LogP contribution is 2.22. The van der Waals surface area contributed by atoms with Crippen molar-refractivity contribution in [3.8, 4) is 5.75 Å². The second kappa shape index (κ2) is 10.2. The largest absolute Gasteiger partial charge is 0.497 e. The van der Waals surface area contributed by atoms with Crippen molar-refractivity contribution in [2.75, 3.05) is 46.9 Å². The molecule has 1 saturated heterocycles. The summed E-state index contributed by atoms with van der Waals surface area (Å²) in [6, 6.07) is 13.9. The number of methoxy groups -OCH3 is 1. The Morgan fingerprint density at radius 2 is 1.80 bits per heavy atom. The first kappa shape index (κ1) is 23.5. The SMILES string of the molecule is COc1ccc2cc(CN(C)C(=O)CN3CCN(Cc4cc(=O)n5ccsc5n4)CC3)ccc2c1. The lowest BCUT2D eigenvalue weighted by Gasteiger charge is -2.34. The minimum Gasteiger partial charge on any atom is -0.497 e. The van der Waals surface area contributed by atoms with Crippen LogP contribution < -0.4 is 10.3 Å². The summed E-state index contributed by atoms with van der Waals surface area (Å²) in [7, 11) is 3.53. The van der Waals surface area contributed by atoms with Gasteiger partial charge < -0.3 is 9.64 Å². The molecule has 182 valence electrons. The molecule has 9 heteroatoms. The number of carbonyl (C=O) groups excluding carboxylic acids is 1. The monoisotopic (exact) mass is 491 g/mol. The minimum absolute atomic E-state index is 0.0374. The van der Waals surface area contributed by atoms with Crippen molar-refractivity contribution >= 4 is 33.0 Å². The molecule has 0 saturated carbocycles. The van der Waals surface area contributed by atoms with E-state index < -0.39 is 0 Å². The van der Waals surface area contributed by atoms with Crippen LogP contribution in [0.3, 0.4) is 0 Å². The van der Waals surface area contributed by atoms with Gasteiger partial charge in [-0.3, -0.25) is 23.8 Å². The zero-order valence-corrected chi connectivity index (χ0v) is 20.8. The summed E-state index contributed by atoms with van der Waals surface area (Å²) >= 11 is 1.47. The first-order valence-corrected chi connectivity index (χ1v) is 12.6. The number of carbonyl (C=O) groups is 1. The zero-order valence-electron chi connectivity index (χ0n) is 20.0. The molecule has 35 heavy (non-hydrogen) atoms. The maximum atomic E-state index is 12.9. The van der Waals surface area contributed by atoms with Crippen molar-refractivity contribution in [2.24, 2.45) is 0 Å². The molecular weight excluding hydrogens is 462 g/mol. The number of thiazole rings is 1. The molecule has 1 aliphatic rings. The van der Waals surface area contributed by atoms with E-state index in [1.165, 1.54) is 11.3 Å². The number of fused-ring (bicyclic) bond motifs is 2. The van der Waals surface area contributed by atoms with Gasteiger partial charge in [0, 0.05) is 64.0 Å². The highest BCUT2D eigenvalue weighted by molar-refractivity contribution is 7.15. The smallest absolute Gasteiger partial charge is 0.258 e. The van der Waals surface area contributed by atoms with Crippen LogP contribution in [0.1, 0.15) is 11.3 Å². The molecule has 0 radical (unpaired) electrons. The fourth-order valence-electron chi connectivity index (χ4n) is 4.48. The highest BCUT2D eigenvalue weighted by Gasteiger charge is 2.21. The molecule has 1 aliphatic heterocycles. The van der Waals surface area contributed by atoms with E-state index >= 15 is 0 Å². The molecule has 5 rings (SSSR count). The average molecular weight is 492 g/mol. The number of ether oxygens (including phenoxy) is 1. The zero-order chi connectivity index (χ0) is 24.4. The van der Waals surface area contributed by atoms with Crippen LogP contribution in [-0.2, 0) is 17.9 Å². The Hall–Kier alpha value is -3.27. The average Bonchev–Trinajstić information content (AvgIpc) is 3.34. The maximum Gasteiger partial charge on any atom is 0.258 e. The molecule has 8 nitrogen and oxygen atoms in total. The molecule has 0 bridgehead atoms. The van der Waals surface area contributed by atoms with Gasteiger partial charge in [0.25, 0.3) is 5.56 Å². The van der Waals surface area contributed by atoms with Gasteiger partial charge in [0.2, 0.25) is 5.91 Å². The fourth-order valence-corrected chi connectivity index (χ4v) is 5.21. The first-order valence-electron chi connectivity index (χ1n) is 11.7. The van der Waals surface area contributed by atoms with Crippen LogP contribution in [0.4, 0.5) is 0 Å². The lowest BCUT2D eigenvalue weighted by atomic mass is 10.1. The van der Waals surface area contributed by atoms with E-state index in [0.717, 1.165) is 58.9 Å². The van der Waals surface area contributed by atoms with Gasteiger partial charge in [-0.2, -0.15) is 0 Å². The van der Waals surface area contributed by atoms with Gasteiger partial charge in [-0.05, 0) is 34.5 Å². The maximum absolute atomic E-state index is 12.9. The van der Waals surface area contributed by atoms with Crippen LogP contribution in [0, 0.1) is 0 Å². The van der Waals surface area contributed by atoms with Crippen molar-refractivity contribution in [3.05, 3.63) is 75.7 Å². The Kier molecular flexibility index (Phi) is 6.81. The number of rotatable bonds is 7. The summed E-state index contributed by atoms with van der Waals surface area (Å²) in [6.07, 6.45) is 1.75. The molecule has 2 aromatic carbocycles. The number of amides is 1. The van der Waals surface area contributed by atoms with Crippen molar-refractivity contribution in [1.29, 1.82) is 0 Å². The summed E-state index contributed by atoms with van der Waals surface area (Å²) in [4.78, 5) is 36.7. The molecule has 0 N–H and O–H groups in total. The van der Waals surface area contributed by atoms with Gasteiger partial charge in [-0.1, -0.05) is 18.2 Å². The quantitative estimate of drug-likeness (QED) is 0.396. The van der Waals surface area contributed by atoms with Crippen LogP contribution in [0.15, 0.2) is 58.8 Å². The predicted molar refractivity (Wildman–Crippen MR) is 138 cm³/mol. The lowest BCUT2D eigenvalue weighted by Crippen LogP contribution is -2.49. The van der Waals surface area contributed by atoms with Crippen LogP contribution >= 0.6 is 11.3 Å². The van der Waals surface area contributed by atoms with Crippen molar-refractivity contribution < 1.29 is 9.53 Å². The second-order valence-corrected chi connectivity index (χ2v) is 9.86. The van der Waals surface area contributed by atoms with E-state index in [9.17, 15) is 9.59 Å². The second-order valence-electron chi connectivity index (χ2n) is 8.99. The molecule has 2 aromatic heterocycles. The molecule has 1 amide bonds. The lowest BCUT2D eigenvalue weighted by molar-refractivity contribution is -0.132. The summed E-state index contributed by atoms with van der Waals surface area (Å²) in [5, 5.41) is 4.13. The molecule has 3 heterocycles. The third-order valence-corrected chi connectivity index (χ3v) is 7.28. The molecule has 0 unspecified atom stereocenters. The van der Waals surface area contributed by atoms with E-state index in [2.05, 4.69) is 33.0 Å². The predicted octanol–water partition coefficient (Wildman–Crippen LogP) is 2.69. The molecule has 0 spiro atoms. The van der Waals surface area contributed by atoms with E-state index in [1.54, 1.807) is 28.7 Å². The van der Waals surface area contributed by atoms with Crippen LogP contribution in [0.25, 0.3) is 15.7 Å².